The smallest absolute Gasteiger partial charge is 0.329 e. The van der Waals surface area contributed by atoms with Crippen molar-refractivity contribution in [3.05, 3.63) is 54.1 Å². The van der Waals surface area contributed by atoms with Crippen molar-refractivity contribution >= 4 is 23.7 Å². The zero-order valence-corrected chi connectivity index (χ0v) is 14.7. The second kappa shape index (κ2) is 9.83. The Labute approximate surface area is 152 Å². The van der Waals surface area contributed by atoms with Gasteiger partial charge in [0, 0.05) is 5.56 Å². The molecule has 0 spiro atoms. The second-order valence-corrected chi connectivity index (χ2v) is 5.05. The summed E-state index contributed by atoms with van der Waals surface area (Å²) in [4.78, 5) is 23.9. The van der Waals surface area contributed by atoms with Gasteiger partial charge in [0.2, 0.25) is 0 Å². The van der Waals surface area contributed by atoms with Gasteiger partial charge in [-0.3, -0.25) is 9.59 Å². The minimum Gasteiger partial charge on any atom is -0.493 e. The number of nitrogens with one attached hydrogen (secondary N) is 2. The van der Waals surface area contributed by atoms with Gasteiger partial charge in [-0.25, -0.2) is 5.43 Å². The summed E-state index contributed by atoms with van der Waals surface area (Å²) in [5, 5.41) is 6.31. The molecule has 0 heterocycles. The summed E-state index contributed by atoms with van der Waals surface area (Å²) < 4.78 is 10.9. The minimum absolute atomic E-state index is 0.417. The van der Waals surface area contributed by atoms with Crippen LogP contribution in [0.1, 0.15) is 19.4 Å². The number of amides is 2. The van der Waals surface area contributed by atoms with E-state index < -0.39 is 11.8 Å². The van der Waals surface area contributed by atoms with E-state index >= 15 is 0 Å². The zero-order chi connectivity index (χ0) is 18.8. The number of nitrogens with zero attached hydrogens (tertiary/aromatic N) is 1. The molecule has 26 heavy (non-hydrogen) atoms. The van der Waals surface area contributed by atoms with Crippen molar-refractivity contribution < 1.29 is 19.1 Å². The SMILES string of the molecule is CCOc1ccccc1/C=N\NC(=O)C(=O)Nc1ccccc1OCC. The number of benzene rings is 2. The van der Waals surface area contributed by atoms with Crippen LogP contribution in [0.3, 0.4) is 0 Å². The Hall–Kier alpha value is -3.35. The molecule has 0 aliphatic carbocycles. The predicted octanol–water partition coefficient (Wildman–Crippen LogP) is 2.57. The van der Waals surface area contributed by atoms with Crippen molar-refractivity contribution in [1.29, 1.82) is 0 Å². The molecule has 0 fully saturated rings. The number of para-hydroxylation sites is 3. The standard InChI is InChI=1S/C19H21N3O4/c1-3-25-16-11-7-5-9-14(16)13-20-22-19(24)18(23)21-15-10-6-8-12-17(15)26-4-2/h5-13H,3-4H2,1-2H3,(H,21,23)(H,22,24)/b20-13-. The van der Waals surface area contributed by atoms with Crippen molar-refractivity contribution in [3.8, 4) is 11.5 Å². The number of anilines is 1. The highest BCUT2D eigenvalue weighted by Gasteiger charge is 2.15. The summed E-state index contributed by atoms with van der Waals surface area (Å²) in [5.74, 6) is -0.595. The van der Waals surface area contributed by atoms with Crippen LogP contribution in [-0.4, -0.2) is 31.2 Å². The third-order valence-electron chi connectivity index (χ3n) is 3.23. The largest absolute Gasteiger partial charge is 0.493 e. The van der Waals surface area contributed by atoms with Crippen molar-refractivity contribution in [2.45, 2.75) is 13.8 Å². The van der Waals surface area contributed by atoms with Crippen molar-refractivity contribution in [2.24, 2.45) is 5.10 Å². The molecule has 0 saturated heterocycles. The monoisotopic (exact) mass is 355 g/mol. The number of hydrazone groups is 1. The fourth-order valence-electron chi connectivity index (χ4n) is 2.12. The lowest BCUT2D eigenvalue weighted by Gasteiger charge is -2.10. The number of ether oxygens (including phenoxy) is 2. The maximum absolute atomic E-state index is 12.0. The Morgan fingerprint density at radius 1 is 0.923 bits per heavy atom. The van der Waals surface area contributed by atoms with Gasteiger partial charge in [0.05, 0.1) is 25.1 Å². The molecule has 7 nitrogen and oxygen atoms in total. The second-order valence-electron chi connectivity index (χ2n) is 5.05. The number of carbonyl (C=O) groups is 2. The van der Waals surface area contributed by atoms with Gasteiger partial charge in [0.1, 0.15) is 11.5 Å². The van der Waals surface area contributed by atoms with E-state index in [1.165, 1.54) is 6.21 Å². The van der Waals surface area contributed by atoms with Gasteiger partial charge in [-0.2, -0.15) is 5.10 Å². The third kappa shape index (κ3) is 5.34. The van der Waals surface area contributed by atoms with E-state index in [1.54, 1.807) is 36.4 Å². The molecule has 0 radical (unpaired) electrons. The van der Waals surface area contributed by atoms with Crippen LogP contribution in [0.2, 0.25) is 0 Å². The molecule has 0 unspecified atom stereocenters. The molecule has 2 aromatic carbocycles. The first-order valence-electron chi connectivity index (χ1n) is 8.23. The van der Waals surface area contributed by atoms with Crippen LogP contribution in [0.25, 0.3) is 0 Å². The van der Waals surface area contributed by atoms with Crippen LogP contribution in [0, 0.1) is 0 Å². The summed E-state index contributed by atoms with van der Waals surface area (Å²) >= 11 is 0. The fourth-order valence-corrected chi connectivity index (χ4v) is 2.12. The van der Waals surface area contributed by atoms with E-state index in [9.17, 15) is 9.59 Å². The highest BCUT2D eigenvalue weighted by Crippen LogP contribution is 2.23. The molecule has 0 aliphatic rings. The number of hydrogen-bond donors (Lipinski definition) is 2. The first-order valence-corrected chi connectivity index (χ1v) is 8.23. The molecule has 2 N–H and O–H groups in total. The van der Waals surface area contributed by atoms with Gasteiger partial charge >= 0.3 is 11.8 Å². The van der Waals surface area contributed by atoms with Crippen LogP contribution in [0.15, 0.2) is 53.6 Å². The van der Waals surface area contributed by atoms with Crippen molar-refractivity contribution in [1.82, 2.24) is 5.43 Å². The lowest BCUT2D eigenvalue weighted by Crippen LogP contribution is -2.32. The molecule has 0 atom stereocenters. The molecule has 0 bridgehead atoms. The van der Waals surface area contributed by atoms with Crippen LogP contribution in [-0.2, 0) is 9.59 Å². The molecule has 2 rings (SSSR count). The maximum Gasteiger partial charge on any atom is 0.329 e. The van der Waals surface area contributed by atoms with Crippen LogP contribution in [0.4, 0.5) is 5.69 Å². The Morgan fingerprint density at radius 2 is 1.54 bits per heavy atom. The molecule has 0 saturated carbocycles. The molecule has 2 aromatic rings. The molecular weight excluding hydrogens is 334 g/mol. The van der Waals surface area contributed by atoms with E-state index in [0.29, 0.717) is 36.0 Å². The Bertz CT molecular complexity index is 790. The Balaban J connectivity index is 1.97. The number of hydrogen-bond acceptors (Lipinski definition) is 5. The molecule has 0 aliphatic heterocycles. The number of rotatable bonds is 7. The lowest BCUT2D eigenvalue weighted by molar-refractivity contribution is -0.136. The maximum atomic E-state index is 12.0. The van der Waals surface area contributed by atoms with Crippen molar-refractivity contribution in [3.63, 3.8) is 0 Å². The minimum atomic E-state index is -0.888. The summed E-state index contributed by atoms with van der Waals surface area (Å²) in [5.41, 5.74) is 3.30. The van der Waals surface area contributed by atoms with E-state index in [-0.39, 0.29) is 0 Å². The summed E-state index contributed by atoms with van der Waals surface area (Å²) in [6.07, 6.45) is 1.42. The van der Waals surface area contributed by atoms with E-state index in [2.05, 4.69) is 15.8 Å². The van der Waals surface area contributed by atoms with Crippen LogP contribution in [0.5, 0.6) is 11.5 Å². The zero-order valence-electron chi connectivity index (χ0n) is 14.7. The summed E-state index contributed by atoms with van der Waals surface area (Å²) in [6.45, 7) is 4.67. The normalized spacial score (nSPS) is 10.4. The lowest BCUT2D eigenvalue weighted by atomic mass is 10.2. The van der Waals surface area contributed by atoms with Gasteiger partial charge in [-0.15, -0.1) is 0 Å². The first-order chi connectivity index (χ1) is 12.7. The summed E-state index contributed by atoms with van der Waals surface area (Å²) in [7, 11) is 0. The Kier molecular flexibility index (Phi) is 7.17. The molecule has 136 valence electrons. The summed E-state index contributed by atoms with van der Waals surface area (Å²) in [6, 6.07) is 14.1. The highest BCUT2D eigenvalue weighted by molar-refractivity contribution is 6.39. The van der Waals surface area contributed by atoms with Gasteiger partial charge in [0.25, 0.3) is 0 Å². The van der Waals surface area contributed by atoms with Crippen LogP contribution >= 0.6 is 0 Å². The Morgan fingerprint density at radius 3 is 2.27 bits per heavy atom. The quantitative estimate of drug-likeness (QED) is 0.454. The van der Waals surface area contributed by atoms with Gasteiger partial charge < -0.3 is 14.8 Å². The van der Waals surface area contributed by atoms with E-state index in [4.69, 9.17) is 9.47 Å². The van der Waals surface area contributed by atoms with Crippen LogP contribution < -0.4 is 20.2 Å². The van der Waals surface area contributed by atoms with Gasteiger partial charge in [-0.1, -0.05) is 24.3 Å². The van der Waals surface area contributed by atoms with Gasteiger partial charge in [0.15, 0.2) is 0 Å². The molecule has 2 amide bonds. The molecule has 7 heteroatoms. The first kappa shape index (κ1) is 19.0. The van der Waals surface area contributed by atoms with E-state index in [1.807, 2.05) is 26.0 Å². The highest BCUT2D eigenvalue weighted by atomic mass is 16.5. The van der Waals surface area contributed by atoms with Crippen molar-refractivity contribution in [2.75, 3.05) is 18.5 Å². The molecule has 0 aromatic heterocycles. The average Bonchev–Trinajstić information content (AvgIpc) is 2.65. The van der Waals surface area contributed by atoms with E-state index in [0.717, 1.165) is 0 Å². The number of carbonyl (C=O) groups excluding carboxylic acids is 2. The average molecular weight is 355 g/mol. The van der Waals surface area contributed by atoms with Gasteiger partial charge in [-0.05, 0) is 38.1 Å². The predicted molar refractivity (Wildman–Crippen MR) is 99.6 cm³/mol. The molecular formula is C19H21N3O4. The third-order valence-corrected chi connectivity index (χ3v) is 3.23. The fraction of sp³-hybridized carbons (Fsp3) is 0.211. The topological polar surface area (TPSA) is 89.0 Å².